The first-order chi connectivity index (χ1) is 11.0. The smallest absolute Gasteiger partial charge is 0.266 e. The zero-order valence-corrected chi connectivity index (χ0v) is 13.4. The van der Waals surface area contributed by atoms with Crippen molar-refractivity contribution >= 4 is 17.5 Å². The summed E-state index contributed by atoms with van der Waals surface area (Å²) in [5, 5.41) is 0. The fourth-order valence-corrected chi connectivity index (χ4v) is 3.12. The van der Waals surface area contributed by atoms with E-state index in [1.165, 1.54) is 6.07 Å². The number of hydrogen-bond acceptors (Lipinski definition) is 2. The third-order valence-electron chi connectivity index (χ3n) is 4.31. The van der Waals surface area contributed by atoms with Crippen LogP contribution in [0.15, 0.2) is 30.3 Å². The Bertz CT molecular complexity index is 826. The standard InChI is InChI=1S/C19H18FNO2/c1-4-12-7-9-16(20)13(5-2)17(12)21-18(22)14-8-6-11(3)10-15(14)19(21)23/h6-10H,4-5H2,1-3H3. The topological polar surface area (TPSA) is 37.4 Å². The summed E-state index contributed by atoms with van der Waals surface area (Å²) in [5.74, 6) is -1.13. The number of rotatable bonds is 3. The number of hydrogen-bond donors (Lipinski definition) is 0. The summed E-state index contributed by atoms with van der Waals surface area (Å²) in [5.41, 5.74) is 3.32. The van der Waals surface area contributed by atoms with Crippen LogP contribution in [-0.4, -0.2) is 11.8 Å². The van der Waals surface area contributed by atoms with E-state index in [1.54, 1.807) is 24.3 Å². The highest BCUT2D eigenvalue weighted by Gasteiger charge is 2.38. The molecule has 23 heavy (non-hydrogen) atoms. The quantitative estimate of drug-likeness (QED) is 0.802. The predicted molar refractivity (Wildman–Crippen MR) is 87.5 cm³/mol. The van der Waals surface area contributed by atoms with Crippen molar-refractivity contribution in [1.82, 2.24) is 0 Å². The van der Waals surface area contributed by atoms with Crippen molar-refractivity contribution < 1.29 is 14.0 Å². The number of aryl methyl sites for hydroxylation is 2. The monoisotopic (exact) mass is 311 g/mol. The molecule has 0 spiro atoms. The van der Waals surface area contributed by atoms with Gasteiger partial charge in [-0.05, 0) is 43.5 Å². The molecule has 4 heteroatoms. The molecule has 0 radical (unpaired) electrons. The third kappa shape index (κ3) is 2.25. The molecule has 1 aliphatic heterocycles. The Balaban J connectivity index is 2.23. The van der Waals surface area contributed by atoms with Crippen molar-refractivity contribution in [1.29, 1.82) is 0 Å². The van der Waals surface area contributed by atoms with Crippen molar-refractivity contribution in [3.8, 4) is 0 Å². The van der Waals surface area contributed by atoms with Gasteiger partial charge in [-0.25, -0.2) is 9.29 Å². The molecule has 0 atom stereocenters. The van der Waals surface area contributed by atoms with Crippen LogP contribution in [0.3, 0.4) is 0 Å². The number of anilines is 1. The molecule has 1 heterocycles. The Morgan fingerprint density at radius 1 is 0.957 bits per heavy atom. The summed E-state index contributed by atoms with van der Waals surface area (Å²) in [6.07, 6.45) is 1.04. The first kappa shape index (κ1) is 15.4. The maximum Gasteiger partial charge on any atom is 0.266 e. The van der Waals surface area contributed by atoms with Crippen LogP contribution in [0.25, 0.3) is 0 Å². The SMILES string of the molecule is CCc1ccc(F)c(CC)c1N1C(=O)c2ccc(C)cc2C1=O. The van der Waals surface area contributed by atoms with E-state index in [0.717, 1.165) is 16.0 Å². The lowest BCUT2D eigenvalue weighted by Crippen LogP contribution is -2.31. The van der Waals surface area contributed by atoms with Gasteiger partial charge in [0, 0.05) is 5.56 Å². The van der Waals surface area contributed by atoms with Crippen LogP contribution in [0.4, 0.5) is 10.1 Å². The Morgan fingerprint density at radius 2 is 1.65 bits per heavy atom. The molecular formula is C19H18FNO2. The minimum Gasteiger partial charge on any atom is -0.268 e. The minimum absolute atomic E-state index is 0.372. The highest BCUT2D eigenvalue weighted by molar-refractivity contribution is 6.35. The van der Waals surface area contributed by atoms with Crippen molar-refractivity contribution in [2.75, 3.05) is 4.90 Å². The first-order valence-corrected chi connectivity index (χ1v) is 7.79. The molecule has 3 rings (SSSR count). The van der Waals surface area contributed by atoms with Crippen LogP contribution < -0.4 is 4.90 Å². The van der Waals surface area contributed by atoms with Gasteiger partial charge in [0.15, 0.2) is 0 Å². The van der Waals surface area contributed by atoms with E-state index in [4.69, 9.17) is 0 Å². The fraction of sp³-hybridized carbons (Fsp3) is 0.263. The molecule has 0 fully saturated rings. The normalized spacial score (nSPS) is 13.7. The van der Waals surface area contributed by atoms with Gasteiger partial charge in [0.25, 0.3) is 11.8 Å². The summed E-state index contributed by atoms with van der Waals surface area (Å²) < 4.78 is 14.2. The second kappa shape index (κ2) is 5.61. The second-order valence-electron chi connectivity index (χ2n) is 5.74. The lowest BCUT2D eigenvalue weighted by atomic mass is 10.0. The van der Waals surface area contributed by atoms with E-state index in [2.05, 4.69) is 0 Å². The van der Waals surface area contributed by atoms with Crippen LogP contribution in [0.5, 0.6) is 0 Å². The number of benzene rings is 2. The largest absolute Gasteiger partial charge is 0.268 e. The number of fused-ring (bicyclic) bond motifs is 1. The molecular weight excluding hydrogens is 293 g/mol. The lowest BCUT2D eigenvalue weighted by molar-refractivity contribution is 0.0925. The summed E-state index contributed by atoms with van der Waals surface area (Å²) in [6.45, 7) is 5.62. The molecule has 0 aromatic heterocycles. The maximum atomic E-state index is 14.2. The molecule has 0 N–H and O–H groups in total. The van der Waals surface area contributed by atoms with E-state index < -0.39 is 0 Å². The zero-order valence-electron chi connectivity index (χ0n) is 13.4. The van der Waals surface area contributed by atoms with Gasteiger partial charge in [0.05, 0.1) is 16.8 Å². The number of imide groups is 1. The van der Waals surface area contributed by atoms with E-state index >= 15 is 0 Å². The van der Waals surface area contributed by atoms with Gasteiger partial charge in [-0.3, -0.25) is 9.59 Å². The molecule has 0 unspecified atom stereocenters. The molecule has 0 bridgehead atoms. The average Bonchev–Trinajstić information content (AvgIpc) is 2.78. The van der Waals surface area contributed by atoms with E-state index in [-0.39, 0.29) is 17.6 Å². The number of carbonyl (C=O) groups is 2. The summed E-state index contributed by atoms with van der Waals surface area (Å²) in [4.78, 5) is 26.7. The van der Waals surface area contributed by atoms with Gasteiger partial charge in [0.1, 0.15) is 5.82 Å². The Morgan fingerprint density at radius 3 is 2.30 bits per heavy atom. The van der Waals surface area contributed by atoms with Gasteiger partial charge in [0.2, 0.25) is 0 Å². The zero-order chi connectivity index (χ0) is 16.7. The van der Waals surface area contributed by atoms with E-state index in [1.807, 2.05) is 20.8 Å². The Labute approximate surface area is 134 Å². The van der Waals surface area contributed by atoms with Crippen molar-refractivity contribution in [3.05, 3.63) is 64.0 Å². The van der Waals surface area contributed by atoms with Gasteiger partial charge < -0.3 is 0 Å². The van der Waals surface area contributed by atoms with Crippen LogP contribution in [0.1, 0.15) is 51.3 Å². The molecule has 0 saturated carbocycles. The minimum atomic E-state index is -0.382. The fourth-order valence-electron chi connectivity index (χ4n) is 3.12. The predicted octanol–water partition coefficient (Wildman–Crippen LogP) is 4.06. The molecule has 2 aromatic carbocycles. The lowest BCUT2D eigenvalue weighted by Gasteiger charge is -2.21. The van der Waals surface area contributed by atoms with Crippen molar-refractivity contribution in [3.63, 3.8) is 0 Å². The van der Waals surface area contributed by atoms with Crippen LogP contribution >= 0.6 is 0 Å². The molecule has 118 valence electrons. The van der Waals surface area contributed by atoms with Crippen LogP contribution in [0.2, 0.25) is 0 Å². The van der Waals surface area contributed by atoms with Gasteiger partial charge >= 0.3 is 0 Å². The third-order valence-corrected chi connectivity index (χ3v) is 4.31. The van der Waals surface area contributed by atoms with E-state index in [9.17, 15) is 14.0 Å². The average molecular weight is 311 g/mol. The Hall–Kier alpha value is -2.49. The first-order valence-electron chi connectivity index (χ1n) is 7.79. The molecule has 3 nitrogen and oxygen atoms in total. The second-order valence-corrected chi connectivity index (χ2v) is 5.74. The van der Waals surface area contributed by atoms with Crippen LogP contribution in [-0.2, 0) is 12.8 Å². The van der Waals surface area contributed by atoms with E-state index in [0.29, 0.717) is 35.2 Å². The molecule has 0 aliphatic carbocycles. The summed E-state index contributed by atoms with van der Waals surface area (Å²) >= 11 is 0. The number of nitrogens with zero attached hydrogens (tertiary/aromatic N) is 1. The summed E-state index contributed by atoms with van der Waals surface area (Å²) in [6, 6.07) is 8.25. The molecule has 2 aromatic rings. The Kier molecular flexibility index (Phi) is 3.76. The van der Waals surface area contributed by atoms with Gasteiger partial charge in [-0.15, -0.1) is 0 Å². The van der Waals surface area contributed by atoms with Gasteiger partial charge in [-0.1, -0.05) is 31.5 Å². The number of amides is 2. The molecule has 1 aliphatic rings. The molecule has 2 amide bonds. The highest BCUT2D eigenvalue weighted by atomic mass is 19.1. The highest BCUT2D eigenvalue weighted by Crippen LogP contribution is 2.35. The van der Waals surface area contributed by atoms with Crippen molar-refractivity contribution in [2.45, 2.75) is 33.6 Å². The van der Waals surface area contributed by atoms with Gasteiger partial charge in [-0.2, -0.15) is 0 Å². The molecule has 0 saturated heterocycles. The van der Waals surface area contributed by atoms with Crippen molar-refractivity contribution in [2.24, 2.45) is 0 Å². The maximum absolute atomic E-state index is 14.2. The number of carbonyl (C=O) groups excluding carboxylic acids is 2. The summed E-state index contributed by atoms with van der Waals surface area (Å²) in [7, 11) is 0. The number of halogens is 1. The van der Waals surface area contributed by atoms with Crippen LogP contribution in [0, 0.1) is 12.7 Å².